The van der Waals surface area contributed by atoms with Crippen LogP contribution in [0.5, 0.6) is 5.88 Å². The van der Waals surface area contributed by atoms with Crippen LogP contribution in [-0.2, 0) is 16.5 Å². The van der Waals surface area contributed by atoms with Crippen molar-refractivity contribution < 1.29 is 12.6 Å². The predicted molar refractivity (Wildman–Crippen MR) is 97.1 cm³/mol. The Morgan fingerprint density at radius 2 is 1.76 bits per heavy atom. The summed E-state index contributed by atoms with van der Waals surface area (Å²) in [6.45, 7) is 0. The van der Waals surface area contributed by atoms with Crippen LogP contribution in [0.25, 0.3) is 16.9 Å². The Morgan fingerprint density at radius 3 is 2.48 bits per heavy atom. The maximum absolute atomic E-state index is 12.0. The lowest BCUT2D eigenvalue weighted by molar-refractivity contribution is 0.452. The molecule has 0 saturated carbocycles. The fourth-order valence-corrected chi connectivity index (χ4v) is 4.05. The summed E-state index contributed by atoms with van der Waals surface area (Å²) in [5.74, 6) is 0.0960. The van der Waals surface area contributed by atoms with Crippen molar-refractivity contribution in [3.63, 3.8) is 0 Å². The third-order valence-electron chi connectivity index (χ3n) is 3.94. The summed E-state index contributed by atoms with van der Waals surface area (Å²) in [6, 6.07) is 14.3. The van der Waals surface area contributed by atoms with Crippen molar-refractivity contribution in [2.45, 2.75) is 6.42 Å². The Bertz CT molecular complexity index is 1060. The summed E-state index contributed by atoms with van der Waals surface area (Å²) in [4.78, 5) is 0. The van der Waals surface area contributed by atoms with E-state index in [1.54, 1.807) is 36.4 Å². The Labute approximate surface area is 154 Å². The van der Waals surface area contributed by atoms with Crippen LogP contribution in [0, 0.1) is 0 Å². The zero-order chi connectivity index (χ0) is 17.6. The van der Waals surface area contributed by atoms with Crippen molar-refractivity contribution in [3.05, 3.63) is 64.1 Å². The lowest BCUT2D eigenvalue weighted by Crippen LogP contribution is -2.22. The van der Waals surface area contributed by atoms with E-state index in [1.807, 2.05) is 12.1 Å². The molecule has 0 aliphatic carbocycles. The third-order valence-corrected chi connectivity index (χ3v) is 5.63. The number of benzene rings is 2. The first-order chi connectivity index (χ1) is 11.9. The van der Waals surface area contributed by atoms with Gasteiger partial charge >= 0.3 is 10.1 Å². The van der Waals surface area contributed by atoms with Crippen LogP contribution < -0.4 is 4.18 Å². The molecule has 0 atom stereocenters. The van der Waals surface area contributed by atoms with Gasteiger partial charge in [0.2, 0.25) is 5.88 Å². The number of rotatable bonds is 2. The second-order valence-corrected chi connectivity index (χ2v) is 8.13. The fraction of sp³-hybridized carbons (Fsp3) is 0.118. The fourth-order valence-electron chi connectivity index (χ4n) is 2.76. The summed E-state index contributed by atoms with van der Waals surface area (Å²) >= 11 is 12.2. The van der Waals surface area contributed by atoms with E-state index in [0.29, 0.717) is 27.8 Å². The molecular formula is C17H12Cl2N2O3S. The first-order valence-electron chi connectivity index (χ1n) is 7.49. The highest BCUT2D eigenvalue weighted by Crippen LogP contribution is 2.38. The first kappa shape index (κ1) is 16.4. The molecule has 0 bridgehead atoms. The Kier molecular flexibility index (Phi) is 3.98. The molecule has 5 nitrogen and oxygen atoms in total. The largest absolute Gasteiger partial charge is 0.361 e. The van der Waals surface area contributed by atoms with Crippen LogP contribution in [0.3, 0.4) is 0 Å². The maximum atomic E-state index is 12.0. The van der Waals surface area contributed by atoms with Crippen LogP contribution in [0.2, 0.25) is 10.0 Å². The minimum Gasteiger partial charge on any atom is -0.361 e. The van der Waals surface area contributed by atoms with E-state index in [9.17, 15) is 8.42 Å². The summed E-state index contributed by atoms with van der Waals surface area (Å²) in [7, 11) is -3.64. The zero-order valence-corrected chi connectivity index (χ0v) is 15.1. The molecule has 2 aromatic carbocycles. The topological polar surface area (TPSA) is 61.2 Å². The van der Waals surface area contributed by atoms with Crippen LogP contribution in [0.15, 0.2) is 48.5 Å². The summed E-state index contributed by atoms with van der Waals surface area (Å²) < 4.78 is 30.6. The normalized spacial score (nSPS) is 15.4. The minimum atomic E-state index is -3.64. The molecule has 0 N–H and O–H groups in total. The maximum Gasteiger partial charge on any atom is 0.311 e. The Hall–Kier alpha value is -2.02. The molecule has 25 heavy (non-hydrogen) atoms. The number of para-hydroxylation sites is 1. The summed E-state index contributed by atoms with van der Waals surface area (Å²) in [5.41, 5.74) is 2.77. The van der Waals surface area contributed by atoms with Crippen LogP contribution in [0.1, 0.15) is 5.56 Å². The quantitative estimate of drug-likeness (QED) is 0.613. The number of fused-ring (bicyclic) bond motifs is 1. The molecule has 1 aliphatic heterocycles. The molecule has 1 aliphatic rings. The molecule has 0 saturated heterocycles. The van der Waals surface area contributed by atoms with E-state index in [4.69, 9.17) is 27.4 Å². The van der Waals surface area contributed by atoms with Crippen molar-refractivity contribution in [1.29, 1.82) is 0 Å². The molecule has 128 valence electrons. The molecule has 0 fully saturated rings. The SMILES string of the molecule is O=S1(=O)CCc2c(-c3ccc(Cl)cc3)nn(-c3ccccc3Cl)c2O1. The van der Waals surface area contributed by atoms with Gasteiger partial charge in [0.1, 0.15) is 0 Å². The van der Waals surface area contributed by atoms with Gasteiger partial charge in [-0.3, -0.25) is 0 Å². The van der Waals surface area contributed by atoms with Crippen molar-refractivity contribution in [2.75, 3.05) is 5.75 Å². The molecule has 3 aromatic rings. The van der Waals surface area contributed by atoms with Crippen LogP contribution >= 0.6 is 23.2 Å². The highest BCUT2D eigenvalue weighted by Gasteiger charge is 2.31. The van der Waals surface area contributed by atoms with Crippen molar-refractivity contribution in [2.24, 2.45) is 0 Å². The van der Waals surface area contributed by atoms with Gasteiger partial charge in [-0.2, -0.15) is 18.2 Å². The number of aromatic nitrogens is 2. The van der Waals surface area contributed by atoms with E-state index in [1.165, 1.54) is 4.68 Å². The van der Waals surface area contributed by atoms with Crippen LogP contribution in [0.4, 0.5) is 0 Å². The van der Waals surface area contributed by atoms with Gasteiger partial charge < -0.3 is 4.18 Å². The van der Waals surface area contributed by atoms with Crippen molar-refractivity contribution >= 4 is 33.3 Å². The molecule has 0 amide bonds. The number of halogens is 2. The van der Waals surface area contributed by atoms with Gasteiger partial charge in [0, 0.05) is 16.1 Å². The van der Waals surface area contributed by atoms with E-state index in [2.05, 4.69) is 5.10 Å². The van der Waals surface area contributed by atoms with E-state index >= 15 is 0 Å². The molecule has 0 spiro atoms. The zero-order valence-electron chi connectivity index (χ0n) is 12.8. The molecule has 4 rings (SSSR count). The van der Waals surface area contributed by atoms with Gasteiger partial charge in [0.15, 0.2) is 0 Å². The average Bonchev–Trinajstić information content (AvgIpc) is 2.93. The van der Waals surface area contributed by atoms with Gasteiger partial charge in [-0.1, -0.05) is 47.5 Å². The molecule has 0 unspecified atom stereocenters. The molecular weight excluding hydrogens is 383 g/mol. The summed E-state index contributed by atoms with van der Waals surface area (Å²) in [6.07, 6.45) is 0.320. The van der Waals surface area contributed by atoms with Crippen LogP contribution in [-0.4, -0.2) is 24.0 Å². The highest BCUT2D eigenvalue weighted by atomic mass is 35.5. The Balaban J connectivity index is 1.96. The molecule has 2 heterocycles. The molecule has 1 aromatic heterocycles. The van der Waals surface area contributed by atoms with E-state index in [0.717, 1.165) is 11.1 Å². The minimum absolute atomic E-state index is 0.0885. The lowest BCUT2D eigenvalue weighted by atomic mass is 10.1. The monoisotopic (exact) mass is 394 g/mol. The first-order valence-corrected chi connectivity index (χ1v) is 9.83. The number of hydrogen-bond acceptors (Lipinski definition) is 4. The van der Waals surface area contributed by atoms with Gasteiger partial charge in [0.25, 0.3) is 0 Å². The lowest BCUT2D eigenvalue weighted by Gasteiger charge is -2.16. The molecule has 0 radical (unpaired) electrons. The Morgan fingerprint density at radius 1 is 1.04 bits per heavy atom. The number of nitrogens with zero attached hydrogens (tertiary/aromatic N) is 2. The van der Waals surface area contributed by atoms with Gasteiger partial charge in [-0.05, 0) is 30.7 Å². The second-order valence-electron chi connectivity index (χ2n) is 5.60. The van der Waals surface area contributed by atoms with Crippen molar-refractivity contribution in [3.8, 4) is 22.8 Å². The smallest absolute Gasteiger partial charge is 0.311 e. The third kappa shape index (κ3) is 3.01. The predicted octanol–water partition coefficient (Wildman–Crippen LogP) is 4.11. The van der Waals surface area contributed by atoms with Crippen molar-refractivity contribution in [1.82, 2.24) is 9.78 Å². The van der Waals surface area contributed by atoms with E-state index < -0.39 is 10.1 Å². The number of hydrogen-bond donors (Lipinski definition) is 0. The van der Waals surface area contributed by atoms with Gasteiger partial charge in [0.05, 0.1) is 22.2 Å². The average molecular weight is 395 g/mol. The molecule has 8 heteroatoms. The highest BCUT2D eigenvalue weighted by molar-refractivity contribution is 7.87. The summed E-state index contributed by atoms with van der Waals surface area (Å²) in [5, 5.41) is 5.65. The van der Waals surface area contributed by atoms with Gasteiger partial charge in [-0.15, -0.1) is 0 Å². The second kappa shape index (κ2) is 6.05. The van der Waals surface area contributed by atoms with Gasteiger partial charge in [-0.25, -0.2) is 0 Å². The van der Waals surface area contributed by atoms with E-state index in [-0.39, 0.29) is 11.6 Å². The standard InChI is InChI=1S/C17H12Cl2N2O3S/c18-12-7-5-11(6-8-12)16-13-9-10-25(22,23)24-17(13)21(20-16)15-4-2-1-3-14(15)19/h1-8H,9-10H2.